The van der Waals surface area contributed by atoms with Crippen molar-refractivity contribution in [3.8, 4) is 0 Å². The Balaban J connectivity index is 1.24. The predicted molar refractivity (Wildman–Crippen MR) is 236 cm³/mol. The normalized spacial score (nSPS) is 52.4. The van der Waals surface area contributed by atoms with Gasteiger partial charge < -0.3 is 169 Å². The molecule has 7 rings (SSSR count). The van der Waals surface area contributed by atoms with Gasteiger partial charge in [-0.1, -0.05) is 0 Å². The van der Waals surface area contributed by atoms with Crippen LogP contribution in [0, 0.1) is 0 Å². The fraction of sp³-hybridized carbons (Fsp3) is 0.977. The third kappa shape index (κ3) is 13.4. The molecule has 454 valence electrons. The summed E-state index contributed by atoms with van der Waals surface area (Å²) >= 11 is 0. The van der Waals surface area contributed by atoms with Gasteiger partial charge in [-0.15, -0.1) is 0 Å². The highest BCUT2D eigenvalue weighted by Gasteiger charge is 2.59. The largest absolute Gasteiger partial charge is 0.394 e. The molecule has 78 heavy (non-hydrogen) atoms. The zero-order valence-corrected chi connectivity index (χ0v) is 41.5. The Labute approximate surface area is 441 Å². The summed E-state index contributed by atoms with van der Waals surface area (Å²) in [6.45, 7) is -3.42. The molecule has 0 aromatic rings. The zero-order valence-electron chi connectivity index (χ0n) is 41.5. The molecule has 5 unspecified atom stereocenters. The molecule has 0 aromatic heterocycles. The quantitative estimate of drug-likeness (QED) is 0.0606. The lowest BCUT2D eigenvalue weighted by molar-refractivity contribution is -0.406. The molecule has 0 spiro atoms. The molecule has 7 aliphatic heterocycles. The average Bonchev–Trinajstić information content (AvgIpc) is 3.46. The van der Waals surface area contributed by atoms with Gasteiger partial charge in [0.25, 0.3) is 0 Å². The molecule has 0 bridgehead atoms. The summed E-state index contributed by atoms with van der Waals surface area (Å²) in [6, 6.07) is -1.88. The van der Waals surface area contributed by atoms with Crippen molar-refractivity contribution in [3.63, 3.8) is 0 Å². The van der Waals surface area contributed by atoms with Gasteiger partial charge in [0.2, 0.25) is 5.91 Å². The monoisotopic (exact) mass is 1150 g/mol. The molecule has 0 radical (unpaired) electrons. The molecule has 0 saturated carbocycles. The van der Waals surface area contributed by atoms with Crippen LogP contribution in [-0.2, 0) is 66.4 Å². The van der Waals surface area contributed by atoms with Gasteiger partial charge in [-0.05, 0) is 6.92 Å². The van der Waals surface area contributed by atoms with Gasteiger partial charge in [0.1, 0.15) is 159 Å². The van der Waals surface area contributed by atoms with Crippen LogP contribution in [0.4, 0.5) is 0 Å². The molecule has 1 amide bonds. The Bertz CT molecular complexity index is 1870. The maximum atomic E-state index is 12.9. The van der Waals surface area contributed by atoms with Crippen molar-refractivity contribution in [2.24, 2.45) is 0 Å². The molecule has 0 aliphatic carbocycles. The van der Waals surface area contributed by atoms with E-state index in [0.717, 1.165) is 6.92 Å². The van der Waals surface area contributed by atoms with Gasteiger partial charge in [0.05, 0.1) is 45.7 Å². The first-order chi connectivity index (χ1) is 36.9. The zero-order chi connectivity index (χ0) is 57.3. The first-order valence-electron chi connectivity index (χ1n) is 24.9. The molecule has 7 aliphatic rings. The first-order valence-corrected chi connectivity index (χ1v) is 24.9. The van der Waals surface area contributed by atoms with E-state index in [1.165, 1.54) is 6.92 Å². The number of carbonyl (C=O) groups is 1. The summed E-state index contributed by atoms with van der Waals surface area (Å²) in [5, 5.41) is 217. The molecular weight excluding hydrogens is 1070 g/mol. The average molecular weight is 1150 g/mol. The van der Waals surface area contributed by atoms with Crippen molar-refractivity contribution >= 4 is 5.91 Å². The second kappa shape index (κ2) is 27.2. The van der Waals surface area contributed by atoms with E-state index in [2.05, 4.69) is 5.32 Å². The van der Waals surface area contributed by atoms with Gasteiger partial charge in [0, 0.05) is 6.92 Å². The van der Waals surface area contributed by atoms with Crippen molar-refractivity contribution in [1.29, 1.82) is 0 Å². The maximum absolute atomic E-state index is 12.9. The van der Waals surface area contributed by atoms with E-state index >= 15 is 0 Å². The minimum absolute atomic E-state index is 0.705. The summed E-state index contributed by atoms with van der Waals surface area (Å²) in [5.41, 5.74) is 0. The number of hydrogen-bond donors (Lipinski definition) is 21. The highest BCUT2D eigenvalue weighted by atomic mass is 16.8. The lowest BCUT2D eigenvalue weighted by Crippen LogP contribution is -2.70. The number of hydrogen-bond acceptors (Lipinski definition) is 34. The predicted octanol–water partition coefficient (Wildman–Crippen LogP) is -14.5. The van der Waals surface area contributed by atoms with Crippen LogP contribution < -0.4 is 5.32 Å². The Kier molecular flexibility index (Phi) is 22.3. The van der Waals surface area contributed by atoms with E-state index in [1.807, 2.05) is 0 Å². The van der Waals surface area contributed by atoms with E-state index in [4.69, 9.17) is 61.6 Å². The number of carbonyl (C=O) groups excluding carboxylic acids is 1. The number of ether oxygens (including phenoxy) is 13. The first kappa shape index (κ1) is 63.7. The number of nitrogens with one attached hydrogen (secondary N) is 1. The van der Waals surface area contributed by atoms with Crippen LogP contribution in [0.1, 0.15) is 13.8 Å². The number of aliphatic hydroxyl groups is 20. The van der Waals surface area contributed by atoms with Crippen LogP contribution in [0.25, 0.3) is 0 Å². The topological polar surface area (TPSA) is 554 Å². The van der Waals surface area contributed by atoms with Crippen molar-refractivity contribution in [3.05, 3.63) is 0 Å². The SMILES string of the molecule is CC(=O)N[C@H]1[C@H](OC2C(CO)OC(O)C(O)C2O[C@@H]2O[C@@H](C)[C@@H](O)[C@@H](O)[C@@H]2O)O[C@H](CO)[C@@H](O[C@@H]2O[C@H](CO[C@H]3O[C@H](CO)[C@@H](O)[C@H](O)[C@@H]3O)[C@@H](O)[C@H](O[C@H]3O[C@H](CO)[C@@H](O)[C@H](O)[C@@H]3O)[C@@H]2O[C@@H]2OC[C@@H](O)[C@H](O)[C@H]2O)[C@@H]1O. The molecule has 35 heteroatoms. The highest BCUT2D eigenvalue weighted by molar-refractivity contribution is 5.73. The molecule has 21 N–H and O–H groups in total. The second-order valence-electron chi connectivity index (χ2n) is 19.9. The number of amides is 1. The van der Waals surface area contributed by atoms with Crippen LogP contribution in [-0.4, -0.2) is 356 Å². The summed E-state index contributed by atoms with van der Waals surface area (Å²) in [4.78, 5) is 12.9. The Morgan fingerprint density at radius 3 is 1.44 bits per heavy atom. The number of aliphatic hydroxyl groups excluding tert-OH is 20. The second-order valence-corrected chi connectivity index (χ2v) is 19.9. The van der Waals surface area contributed by atoms with E-state index in [-0.39, 0.29) is 0 Å². The minimum atomic E-state index is -2.25. The van der Waals surface area contributed by atoms with Crippen molar-refractivity contribution in [1.82, 2.24) is 5.32 Å². The van der Waals surface area contributed by atoms with Crippen molar-refractivity contribution in [2.45, 2.75) is 223 Å². The fourth-order valence-corrected chi connectivity index (χ4v) is 9.93. The molecular formula is C43H73NO34. The van der Waals surface area contributed by atoms with Gasteiger partial charge >= 0.3 is 0 Å². The third-order valence-corrected chi connectivity index (χ3v) is 14.5. The van der Waals surface area contributed by atoms with Gasteiger partial charge in [-0.25, -0.2) is 0 Å². The van der Waals surface area contributed by atoms with Crippen LogP contribution in [0.5, 0.6) is 0 Å². The van der Waals surface area contributed by atoms with Crippen LogP contribution in [0.3, 0.4) is 0 Å². The molecule has 35 nitrogen and oxygen atoms in total. The molecule has 7 saturated heterocycles. The third-order valence-electron chi connectivity index (χ3n) is 14.5. The van der Waals surface area contributed by atoms with Crippen LogP contribution in [0.2, 0.25) is 0 Å². The summed E-state index contributed by atoms with van der Waals surface area (Å²) < 4.78 is 75.5. The standard InChI is InChI=1S/C43H73NO34/c1-9-18(51)24(57)29(62)41(68-9)77-35-31(64)37(65)69-15(6-48)33(35)75-38-17(44-10(2)49)23(56)32(14(5-47)72-38)74-43-36(78-40-27(60)19(52)11(50)7-66-40)34(76-42-30(63)26(59)21(54)13(4-46)71-42)22(55)16(73-43)8-67-39-28(61)25(58)20(53)12(3-45)70-39/h9,11-43,45-48,50-65H,3-8H2,1-2H3,(H,44,49)/t9-,11+,12+,13+,14+,15?,16+,17+,18+,19-,20+,21+,22+,23+,24+,25-,26-,27+,28-,29-,30-,31?,32+,33?,34-,35?,36-,37?,38-,39-,40-,41-,42+,43-/m0/s1. The highest BCUT2D eigenvalue weighted by Crippen LogP contribution is 2.38. The van der Waals surface area contributed by atoms with E-state index < -0.39 is 254 Å². The Hall–Kier alpha value is -1.85. The smallest absolute Gasteiger partial charge is 0.217 e. The summed E-state index contributed by atoms with van der Waals surface area (Å²) in [5.74, 6) is -0.902. The minimum Gasteiger partial charge on any atom is -0.394 e. The summed E-state index contributed by atoms with van der Waals surface area (Å²) in [7, 11) is 0. The number of rotatable bonds is 18. The summed E-state index contributed by atoms with van der Waals surface area (Å²) in [6.07, 6.45) is -64.1. The van der Waals surface area contributed by atoms with Gasteiger partial charge in [0.15, 0.2) is 44.0 Å². The van der Waals surface area contributed by atoms with Gasteiger partial charge in [-0.3, -0.25) is 4.79 Å². The maximum Gasteiger partial charge on any atom is 0.217 e. The molecule has 7 heterocycles. The lowest BCUT2D eigenvalue weighted by Gasteiger charge is -2.51. The lowest BCUT2D eigenvalue weighted by atomic mass is 9.94. The molecule has 0 aromatic carbocycles. The van der Waals surface area contributed by atoms with E-state index in [0.29, 0.717) is 0 Å². The fourth-order valence-electron chi connectivity index (χ4n) is 9.93. The van der Waals surface area contributed by atoms with E-state index in [1.54, 1.807) is 0 Å². The van der Waals surface area contributed by atoms with Gasteiger partial charge in [-0.2, -0.15) is 0 Å². The Morgan fingerprint density at radius 2 is 0.859 bits per heavy atom. The van der Waals surface area contributed by atoms with Crippen molar-refractivity contribution in [2.75, 3.05) is 39.6 Å². The van der Waals surface area contributed by atoms with Crippen LogP contribution >= 0.6 is 0 Å². The molecule has 7 fully saturated rings. The van der Waals surface area contributed by atoms with E-state index in [9.17, 15) is 107 Å². The molecule has 34 atom stereocenters. The van der Waals surface area contributed by atoms with Crippen LogP contribution in [0.15, 0.2) is 0 Å². The van der Waals surface area contributed by atoms with Crippen molar-refractivity contribution < 1.29 is 169 Å². The Morgan fingerprint density at radius 1 is 0.410 bits per heavy atom.